The molecule has 10 heteroatoms. The summed E-state index contributed by atoms with van der Waals surface area (Å²) >= 11 is 6.86. The Kier molecular flexibility index (Phi) is 7.19. The highest BCUT2D eigenvalue weighted by molar-refractivity contribution is 8.00. The highest BCUT2D eigenvalue weighted by atomic mass is 35.5. The van der Waals surface area contributed by atoms with Crippen LogP contribution in [0.2, 0.25) is 5.02 Å². The fraction of sp³-hybridized carbons (Fsp3) is 0.0476. The largest absolute Gasteiger partial charge is 0.322 e. The lowest BCUT2D eigenvalue weighted by Gasteiger charge is -2.10. The first kappa shape index (κ1) is 22.6. The van der Waals surface area contributed by atoms with Gasteiger partial charge in [0.05, 0.1) is 5.75 Å². The third-order valence-electron chi connectivity index (χ3n) is 3.92. The van der Waals surface area contributed by atoms with E-state index < -0.39 is 34.9 Å². The van der Waals surface area contributed by atoms with Crippen LogP contribution in [-0.4, -0.2) is 17.6 Å². The molecule has 0 aliphatic rings. The monoisotopic (exact) mass is 468 g/mol. The number of carbonyl (C=O) groups excluding carboxylic acids is 2. The fourth-order valence-electron chi connectivity index (χ4n) is 2.50. The van der Waals surface area contributed by atoms with Crippen LogP contribution in [0.4, 0.5) is 28.9 Å². The SMILES string of the molecule is O=C(CSc1cccc(NC(=O)c2cccc(Cl)c2)c1)Nc1c(F)c(F)cc(F)c1F. The van der Waals surface area contributed by atoms with E-state index >= 15 is 0 Å². The van der Waals surface area contributed by atoms with E-state index in [1.54, 1.807) is 42.5 Å². The highest BCUT2D eigenvalue weighted by Crippen LogP contribution is 2.26. The van der Waals surface area contributed by atoms with Gasteiger partial charge in [-0.05, 0) is 36.4 Å². The lowest BCUT2D eigenvalue weighted by Crippen LogP contribution is -2.17. The minimum atomic E-state index is -1.69. The summed E-state index contributed by atoms with van der Waals surface area (Å²) in [4.78, 5) is 24.9. The molecular formula is C21H13ClF4N2O2S. The van der Waals surface area contributed by atoms with Crippen molar-refractivity contribution in [3.8, 4) is 0 Å². The predicted molar refractivity (Wildman–Crippen MR) is 111 cm³/mol. The normalized spacial score (nSPS) is 10.6. The van der Waals surface area contributed by atoms with Crippen molar-refractivity contribution in [1.82, 2.24) is 0 Å². The molecule has 0 bridgehead atoms. The molecule has 0 spiro atoms. The molecule has 0 aliphatic carbocycles. The Balaban J connectivity index is 1.63. The van der Waals surface area contributed by atoms with Gasteiger partial charge in [-0.15, -0.1) is 11.8 Å². The average Bonchev–Trinajstić information content (AvgIpc) is 2.74. The number of hydrogen-bond acceptors (Lipinski definition) is 3. The lowest BCUT2D eigenvalue weighted by atomic mass is 10.2. The summed E-state index contributed by atoms with van der Waals surface area (Å²) in [6.07, 6.45) is 0. The zero-order valence-corrected chi connectivity index (χ0v) is 17.1. The first-order valence-corrected chi connectivity index (χ1v) is 10.0. The Labute approximate surface area is 183 Å². The van der Waals surface area contributed by atoms with Gasteiger partial charge in [0.2, 0.25) is 5.91 Å². The van der Waals surface area contributed by atoms with Gasteiger partial charge in [0.25, 0.3) is 5.91 Å². The number of benzene rings is 3. The topological polar surface area (TPSA) is 58.2 Å². The van der Waals surface area contributed by atoms with Crippen molar-refractivity contribution >= 4 is 46.6 Å². The van der Waals surface area contributed by atoms with Gasteiger partial charge < -0.3 is 10.6 Å². The van der Waals surface area contributed by atoms with E-state index in [2.05, 4.69) is 5.32 Å². The molecule has 0 radical (unpaired) electrons. The van der Waals surface area contributed by atoms with Crippen LogP contribution < -0.4 is 10.6 Å². The molecule has 0 atom stereocenters. The van der Waals surface area contributed by atoms with E-state index in [1.807, 2.05) is 5.32 Å². The van der Waals surface area contributed by atoms with Gasteiger partial charge >= 0.3 is 0 Å². The number of anilines is 2. The van der Waals surface area contributed by atoms with Crippen molar-refractivity contribution in [2.45, 2.75) is 4.90 Å². The molecule has 3 aromatic rings. The molecule has 0 aliphatic heterocycles. The van der Waals surface area contributed by atoms with E-state index in [0.717, 1.165) is 11.8 Å². The van der Waals surface area contributed by atoms with Gasteiger partial charge in [-0.3, -0.25) is 9.59 Å². The quantitative estimate of drug-likeness (QED) is 0.270. The van der Waals surface area contributed by atoms with Crippen LogP contribution in [0.25, 0.3) is 0 Å². The third-order valence-corrected chi connectivity index (χ3v) is 5.15. The van der Waals surface area contributed by atoms with E-state index in [9.17, 15) is 27.2 Å². The second-order valence-electron chi connectivity index (χ2n) is 6.17. The van der Waals surface area contributed by atoms with Crippen molar-refractivity contribution in [2.24, 2.45) is 0 Å². The van der Waals surface area contributed by atoms with Crippen LogP contribution in [-0.2, 0) is 4.79 Å². The van der Waals surface area contributed by atoms with E-state index in [0.29, 0.717) is 21.2 Å². The standard InChI is InChI=1S/C21H13ClF4N2O2S/c22-12-4-1-3-11(7-12)21(30)27-13-5-2-6-14(8-13)31-10-17(29)28-20-18(25)15(23)9-16(24)19(20)26/h1-9H,10H2,(H,27,30)(H,28,29). The van der Waals surface area contributed by atoms with Crippen LogP contribution in [0.5, 0.6) is 0 Å². The second-order valence-corrected chi connectivity index (χ2v) is 7.66. The van der Waals surface area contributed by atoms with Crippen LogP contribution in [0.3, 0.4) is 0 Å². The van der Waals surface area contributed by atoms with Gasteiger partial charge in [-0.25, -0.2) is 17.6 Å². The molecule has 3 rings (SSSR count). The van der Waals surface area contributed by atoms with Gasteiger partial charge in [0, 0.05) is 27.2 Å². The van der Waals surface area contributed by atoms with Crippen molar-refractivity contribution in [2.75, 3.05) is 16.4 Å². The number of hydrogen-bond donors (Lipinski definition) is 2. The maximum atomic E-state index is 13.7. The summed E-state index contributed by atoms with van der Waals surface area (Å²) < 4.78 is 53.8. The van der Waals surface area contributed by atoms with Crippen molar-refractivity contribution in [3.63, 3.8) is 0 Å². The molecule has 160 valence electrons. The minimum absolute atomic E-state index is 0.0538. The molecule has 0 aromatic heterocycles. The Bertz CT molecular complexity index is 1130. The smallest absolute Gasteiger partial charge is 0.255 e. The first-order valence-electron chi connectivity index (χ1n) is 8.67. The maximum Gasteiger partial charge on any atom is 0.255 e. The van der Waals surface area contributed by atoms with E-state index in [-0.39, 0.29) is 17.7 Å². The van der Waals surface area contributed by atoms with Crippen LogP contribution >= 0.6 is 23.4 Å². The fourth-order valence-corrected chi connectivity index (χ4v) is 3.45. The van der Waals surface area contributed by atoms with E-state index in [4.69, 9.17) is 11.6 Å². The van der Waals surface area contributed by atoms with Gasteiger partial charge in [-0.2, -0.15) is 0 Å². The summed E-state index contributed by atoms with van der Waals surface area (Å²) in [6.45, 7) is 0. The van der Waals surface area contributed by atoms with Gasteiger partial charge in [-0.1, -0.05) is 23.7 Å². The minimum Gasteiger partial charge on any atom is -0.322 e. The van der Waals surface area contributed by atoms with Gasteiger partial charge in [0.15, 0.2) is 23.3 Å². The van der Waals surface area contributed by atoms with Gasteiger partial charge in [0.1, 0.15) is 5.69 Å². The number of rotatable bonds is 6. The first-order chi connectivity index (χ1) is 14.7. The number of nitrogens with one attached hydrogen (secondary N) is 2. The van der Waals surface area contributed by atoms with Crippen molar-refractivity contribution < 1.29 is 27.2 Å². The third kappa shape index (κ3) is 5.77. The average molecular weight is 469 g/mol. The molecule has 0 saturated carbocycles. The van der Waals surface area contributed by atoms with Crippen LogP contribution in [0.1, 0.15) is 10.4 Å². The highest BCUT2D eigenvalue weighted by Gasteiger charge is 2.21. The van der Waals surface area contributed by atoms with E-state index in [1.165, 1.54) is 6.07 Å². The zero-order chi connectivity index (χ0) is 22.5. The summed E-state index contributed by atoms with van der Waals surface area (Å²) in [6, 6.07) is 12.9. The van der Waals surface area contributed by atoms with Crippen molar-refractivity contribution in [3.05, 3.63) is 88.5 Å². The summed E-state index contributed by atoms with van der Waals surface area (Å²) in [5.41, 5.74) is -0.387. The summed E-state index contributed by atoms with van der Waals surface area (Å²) in [5.74, 6) is -8.19. The molecular weight excluding hydrogens is 456 g/mol. The molecule has 2 amide bonds. The Morgan fingerprint density at radius 1 is 0.871 bits per heavy atom. The summed E-state index contributed by atoms with van der Waals surface area (Å²) in [5, 5.41) is 4.93. The Morgan fingerprint density at radius 3 is 2.23 bits per heavy atom. The number of halogens is 5. The van der Waals surface area contributed by atoms with Crippen molar-refractivity contribution in [1.29, 1.82) is 0 Å². The zero-order valence-electron chi connectivity index (χ0n) is 15.5. The molecule has 4 nitrogen and oxygen atoms in total. The lowest BCUT2D eigenvalue weighted by molar-refractivity contribution is -0.113. The molecule has 0 fully saturated rings. The van der Waals surface area contributed by atoms with Crippen LogP contribution in [0, 0.1) is 23.3 Å². The molecule has 0 unspecified atom stereocenters. The number of thioether (sulfide) groups is 1. The Morgan fingerprint density at radius 2 is 1.55 bits per heavy atom. The number of carbonyl (C=O) groups is 2. The molecule has 0 saturated heterocycles. The molecule has 0 heterocycles. The summed E-state index contributed by atoms with van der Waals surface area (Å²) in [7, 11) is 0. The Hall–Kier alpha value is -3.04. The predicted octanol–water partition coefficient (Wildman–Crippen LogP) is 5.88. The molecule has 31 heavy (non-hydrogen) atoms. The molecule has 3 aromatic carbocycles. The maximum absolute atomic E-state index is 13.7. The second kappa shape index (κ2) is 9.84. The van der Waals surface area contributed by atoms with Crippen LogP contribution in [0.15, 0.2) is 59.5 Å². The molecule has 2 N–H and O–H groups in total. The number of amides is 2.